The van der Waals surface area contributed by atoms with Crippen LogP contribution in [0, 0.1) is 0 Å². The minimum absolute atomic E-state index is 0.0286. The number of hydrogen-bond donors (Lipinski definition) is 1. The summed E-state index contributed by atoms with van der Waals surface area (Å²) in [7, 11) is 0. The first-order valence-corrected chi connectivity index (χ1v) is 8.16. The Bertz CT molecular complexity index is 851. The number of nitrogens with one attached hydrogen (secondary N) is 1. The van der Waals surface area contributed by atoms with E-state index in [1.165, 1.54) is 0 Å². The Morgan fingerprint density at radius 1 is 1.12 bits per heavy atom. The number of anilines is 1. The lowest BCUT2D eigenvalue weighted by atomic mass is 9.73. The molecule has 0 spiro atoms. The Morgan fingerprint density at radius 2 is 1.92 bits per heavy atom. The van der Waals surface area contributed by atoms with Crippen LogP contribution in [-0.2, 0) is 14.9 Å². The van der Waals surface area contributed by atoms with Gasteiger partial charge in [-0.05, 0) is 36.6 Å². The van der Waals surface area contributed by atoms with Crippen LogP contribution in [-0.4, -0.2) is 28.7 Å². The summed E-state index contributed by atoms with van der Waals surface area (Å²) in [5, 5.41) is 7.27. The monoisotopic (exact) mass is 321 g/mol. The Morgan fingerprint density at radius 3 is 2.71 bits per heavy atom. The van der Waals surface area contributed by atoms with Crippen LogP contribution >= 0.6 is 0 Å². The van der Waals surface area contributed by atoms with Crippen LogP contribution in [0.1, 0.15) is 18.4 Å². The van der Waals surface area contributed by atoms with Gasteiger partial charge in [0.05, 0.1) is 10.9 Å². The highest BCUT2D eigenvalue weighted by atomic mass is 16.5. The number of pyridine rings is 1. The normalized spacial score (nSPS) is 16.8. The van der Waals surface area contributed by atoms with E-state index in [-0.39, 0.29) is 5.91 Å². The maximum atomic E-state index is 13.2. The van der Waals surface area contributed by atoms with Gasteiger partial charge in [0.1, 0.15) is 0 Å². The number of carbonyl (C=O) groups is 1. The molecule has 0 atom stereocenters. The second-order valence-electron chi connectivity index (χ2n) is 6.13. The molecule has 3 heterocycles. The fraction of sp³-hybridized carbons (Fsp3) is 0.263. The van der Waals surface area contributed by atoms with Crippen LogP contribution in [0.3, 0.4) is 0 Å². The Labute approximate surface area is 140 Å². The van der Waals surface area contributed by atoms with E-state index in [0.29, 0.717) is 26.1 Å². The molecule has 3 aromatic rings. The summed E-state index contributed by atoms with van der Waals surface area (Å²) in [5.41, 5.74) is 2.26. The number of carbonyl (C=O) groups excluding carboxylic acids is 1. The summed E-state index contributed by atoms with van der Waals surface area (Å²) in [4.78, 5) is 13.2. The molecule has 1 aliphatic heterocycles. The van der Waals surface area contributed by atoms with E-state index < -0.39 is 5.41 Å². The largest absolute Gasteiger partial charge is 0.381 e. The molecule has 4 rings (SSSR count). The Kier molecular flexibility index (Phi) is 3.78. The van der Waals surface area contributed by atoms with Gasteiger partial charge in [0.2, 0.25) is 5.91 Å². The minimum Gasteiger partial charge on any atom is -0.381 e. The molecule has 1 aliphatic rings. The van der Waals surface area contributed by atoms with Gasteiger partial charge >= 0.3 is 0 Å². The first-order valence-electron chi connectivity index (χ1n) is 8.16. The molecule has 0 bridgehead atoms. The average Bonchev–Trinajstić information content (AvgIpc) is 3.11. The maximum absolute atomic E-state index is 13.2. The Hall–Kier alpha value is -2.66. The first-order chi connectivity index (χ1) is 11.8. The van der Waals surface area contributed by atoms with Crippen LogP contribution in [0.25, 0.3) is 5.52 Å². The molecule has 0 unspecified atom stereocenters. The zero-order valence-corrected chi connectivity index (χ0v) is 13.3. The highest BCUT2D eigenvalue weighted by molar-refractivity contribution is 5.99. The number of fused-ring (bicyclic) bond motifs is 1. The molecule has 1 saturated heterocycles. The minimum atomic E-state index is -0.536. The number of amides is 1. The van der Waals surface area contributed by atoms with Crippen molar-refractivity contribution >= 4 is 17.1 Å². The zero-order chi connectivity index (χ0) is 16.4. The van der Waals surface area contributed by atoms with Gasteiger partial charge in [0.25, 0.3) is 0 Å². The summed E-state index contributed by atoms with van der Waals surface area (Å²) in [6, 6.07) is 15.7. The average molecular weight is 321 g/mol. The van der Waals surface area contributed by atoms with Crippen LogP contribution in [0.4, 0.5) is 5.69 Å². The molecule has 0 aliphatic carbocycles. The number of nitrogens with zero attached hydrogens (tertiary/aromatic N) is 2. The zero-order valence-electron chi connectivity index (χ0n) is 13.3. The van der Waals surface area contributed by atoms with Crippen molar-refractivity contribution in [2.24, 2.45) is 0 Å². The van der Waals surface area contributed by atoms with Gasteiger partial charge in [0.15, 0.2) is 0 Å². The summed E-state index contributed by atoms with van der Waals surface area (Å²) in [6.45, 7) is 1.20. The van der Waals surface area contributed by atoms with Crippen molar-refractivity contribution in [2.45, 2.75) is 18.3 Å². The number of ether oxygens (including phenoxy) is 1. The van der Waals surface area contributed by atoms with Gasteiger partial charge in [-0.15, -0.1) is 0 Å². The third-order valence-corrected chi connectivity index (χ3v) is 4.76. The van der Waals surface area contributed by atoms with Crippen molar-refractivity contribution < 1.29 is 9.53 Å². The predicted molar refractivity (Wildman–Crippen MR) is 92.0 cm³/mol. The molecular formula is C19H19N3O2. The molecule has 1 amide bonds. The molecule has 5 heteroatoms. The molecule has 122 valence electrons. The van der Waals surface area contributed by atoms with E-state index in [4.69, 9.17) is 4.74 Å². The smallest absolute Gasteiger partial charge is 0.235 e. The first kappa shape index (κ1) is 14.9. The van der Waals surface area contributed by atoms with Gasteiger partial charge in [-0.3, -0.25) is 4.79 Å². The van der Waals surface area contributed by atoms with Crippen LogP contribution in [0.2, 0.25) is 0 Å². The van der Waals surface area contributed by atoms with Crippen LogP contribution in [0.5, 0.6) is 0 Å². The van der Waals surface area contributed by atoms with Crippen molar-refractivity contribution in [2.75, 3.05) is 18.5 Å². The lowest BCUT2D eigenvalue weighted by molar-refractivity contribution is -0.125. The number of hydrogen-bond acceptors (Lipinski definition) is 3. The molecule has 1 N–H and O–H groups in total. The highest BCUT2D eigenvalue weighted by Crippen LogP contribution is 2.36. The van der Waals surface area contributed by atoms with E-state index in [1.807, 2.05) is 54.7 Å². The van der Waals surface area contributed by atoms with Crippen molar-refractivity contribution in [3.8, 4) is 0 Å². The lowest BCUT2D eigenvalue weighted by Crippen LogP contribution is -2.44. The SMILES string of the molecule is O=C(Nc1ccn2nccc2c1)C1(c2ccccc2)CCOCC1. The number of benzene rings is 1. The van der Waals surface area contributed by atoms with Gasteiger partial charge in [-0.2, -0.15) is 5.10 Å². The van der Waals surface area contributed by atoms with Crippen LogP contribution < -0.4 is 5.32 Å². The van der Waals surface area contributed by atoms with Gasteiger partial charge in [-0.1, -0.05) is 30.3 Å². The molecule has 5 nitrogen and oxygen atoms in total. The third-order valence-electron chi connectivity index (χ3n) is 4.76. The van der Waals surface area contributed by atoms with E-state index in [1.54, 1.807) is 10.7 Å². The topological polar surface area (TPSA) is 55.6 Å². The fourth-order valence-electron chi connectivity index (χ4n) is 3.37. The third kappa shape index (κ3) is 2.57. The molecule has 0 saturated carbocycles. The molecule has 1 aromatic carbocycles. The van der Waals surface area contributed by atoms with Gasteiger partial charge in [0, 0.05) is 31.3 Å². The van der Waals surface area contributed by atoms with E-state index in [9.17, 15) is 4.79 Å². The van der Waals surface area contributed by atoms with Gasteiger partial charge in [-0.25, -0.2) is 4.52 Å². The molecule has 2 aromatic heterocycles. The van der Waals surface area contributed by atoms with Crippen molar-refractivity contribution in [3.63, 3.8) is 0 Å². The highest BCUT2D eigenvalue weighted by Gasteiger charge is 2.41. The summed E-state index contributed by atoms with van der Waals surface area (Å²) >= 11 is 0. The molecule has 1 fully saturated rings. The van der Waals surface area contributed by atoms with Crippen LogP contribution in [0.15, 0.2) is 60.9 Å². The second-order valence-corrected chi connectivity index (χ2v) is 6.13. The van der Waals surface area contributed by atoms with E-state index >= 15 is 0 Å². The van der Waals surface area contributed by atoms with Crippen molar-refractivity contribution in [1.82, 2.24) is 9.61 Å². The van der Waals surface area contributed by atoms with E-state index in [0.717, 1.165) is 16.8 Å². The summed E-state index contributed by atoms with van der Waals surface area (Å²) in [6.07, 6.45) is 4.98. The Balaban J connectivity index is 1.66. The quantitative estimate of drug-likeness (QED) is 0.807. The molecular weight excluding hydrogens is 302 g/mol. The van der Waals surface area contributed by atoms with E-state index in [2.05, 4.69) is 10.4 Å². The second kappa shape index (κ2) is 6.09. The molecule has 24 heavy (non-hydrogen) atoms. The summed E-state index contributed by atoms with van der Waals surface area (Å²) < 4.78 is 7.28. The standard InChI is InChI=1S/C19H19N3O2/c23-18(21-16-7-11-22-17(14-16)6-10-20-22)19(8-12-24-13-9-19)15-4-2-1-3-5-15/h1-7,10-11,14H,8-9,12-13H2,(H,21,23). The predicted octanol–water partition coefficient (Wildman–Crippen LogP) is 3.02. The maximum Gasteiger partial charge on any atom is 0.235 e. The lowest BCUT2D eigenvalue weighted by Gasteiger charge is -2.36. The summed E-state index contributed by atoms with van der Waals surface area (Å²) in [5.74, 6) is 0.0286. The fourth-order valence-corrected chi connectivity index (χ4v) is 3.37. The van der Waals surface area contributed by atoms with Crippen molar-refractivity contribution in [3.05, 3.63) is 66.5 Å². The molecule has 0 radical (unpaired) electrons. The number of aromatic nitrogens is 2. The number of rotatable bonds is 3. The van der Waals surface area contributed by atoms with Gasteiger partial charge < -0.3 is 10.1 Å². The van der Waals surface area contributed by atoms with Crippen molar-refractivity contribution in [1.29, 1.82) is 0 Å².